The van der Waals surface area contributed by atoms with Gasteiger partial charge in [0.2, 0.25) is 0 Å². The Morgan fingerprint density at radius 1 is 0.839 bits per heavy atom. The second-order valence-electron chi connectivity index (χ2n) is 9.44. The molecule has 2 bridgehead atoms. The number of rotatable bonds is 1. The highest BCUT2D eigenvalue weighted by Gasteiger charge is 2.70. The summed E-state index contributed by atoms with van der Waals surface area (Å²) in [6.07, 6.45) is 6.37. The second kappa shape index (κ2) is 6.05. The summed E-state index contributed by atoms with van der Waals surface area (Å²) in [5.74, 6) is 1.62. The molecule has 3 aromatic carbocycles. The first-order chi connectivity index (χ1) is 15.2. The second-order valence-corrected chi connectivity index (χ2v) is 9.88. The molecule has 4 heteroatoms. The van der Waals surface area contributed by atoms with E-state index in [1.165, 1.54) is 41.5 Å². The van der Waals surface area contributed by atoms with Crippen LogP contribution in [0.2, 0.25) is 5.02 Å². The largest absolute Gasteiger partial charge is 0.261 e. The highest BCUT2D eigenvalue weighted by Crippen LogP contribution is 2.68. The summed E-state index contributed by atoms with van der Waals surface area (Å²) in [5.41, 5.74) is 5.96. The van der Waals surface area contributed by atoms with Crippen LogP contribution in [0, 0.1) is 29.2 Å². The monoisotopic (exact) mass is 423 g/mol. The Morgan fingerprint density at radius 2 is 1.45 bits per heavy atom. The molecule has 1 saturated heterocycles. The number of hydrogen-bond donors (Lipinski definition) is 0. The lowest BCUT2D eigenvalue weighted by molar-refractivity contribution is 0.211. The van der Waals surface area contributed by atoms with Crippen LogP contribution in [-0.4, -0.2) is 11.1 Å². The van der Waals surface area contributed by atoms with Gasteiger partial charge >= 0.3 is 0 Å². The Hall–Kier alpha value is -2.96. The highest BCUT2D eigenvalue weighted by molar-refractivity contribution is 6.30. The molecule has 1 aliphatic heterocycles. The van der Waals surface area contributed by atoms with Crippen LogP contribution in [0.25, 0.3) is 11.1 Å². The van der Waals surface area contributed by atoms with E-state index in [0.29, 0.717) is 22.8 Å². The van der Waals surface area contributed by atoms with Gasteiger partial charge in [-0.25, -0.2) is 5.01 Å². The Kier molecular flexibility index (Phi) is 3.45. The molecule has 4 aliphatic rings. The van der Waals surface area contributed by atoms with Gasteiger partial charge in [-0.1, -0.05) is 60.1 Å². The van der Waals surface area contributed by atoms with Crippen LogP contribution in [0.4, 0.5) is 5.69 Å². The number of hydrogen-bond acceptors (Lipinski definition) is 3. The zero-order valence-electron chi connectivity index (χ0n) is 17.1. The van der Waals surface area contributed by atoms with Crippen molar-refractivity contribution in [3.05, 3.63) is 88.9 Å². The molecule has 1 heterocycles. The van der Waals surface area contributed by atoms with E-state index in [-0.39, 0.29) is 11.6 Å². The summed E-state index contributed by atoms with van der Waals surface area (Å²) in [6, 6.07) is 25.9. The van der Waals surface area contributed by atoms with Gasteiger partial charge in [0.1, 0.15) is 5.54 Å². The molecule has 1 spiro atoms. The van der Waals surface area contributed by atoms with Gasteiger partial charge in [-0.05, 0) is 77.6 Å². The summed E-state index contributed by atoms with van der Waals surface area (Å²) in [5, 5.41) is 15.5. The lowest BCUT2D eigenvalue weighted by Gasteiger charge is -2.44. The Morgan fingerprint density at radius 3 is 2.10 bits per heavy atom. The van der Waals surface area contributed by atoms with E-state index in [9.17, 15) is 5.26 Å². The van der Waals surface area contributed by atoms with E-state index >= 15 is 0 Å². The molecule has 0 aromatic heterocycles. The highest BCUT2D eigenvalue weighted by atomic mass is 35.5. The zero-order chi connectivity index (χ0) is 20.7. The molecular formula is C27H22ClN3. The zero-order valence-corrected chi connectivity index (χ0v) is 17.8. The van der Waals surface area contributed by atoms with Crippen LogP contribution in [0.5, 0.6) is 0 Å². The normalized spacial score (nSPS) is 28.5. The van der Waals surface area contributed by atoms with Gasteiger partial charge in [0.15, 0.2) is 6.19 Å². The molecule has 31 heavy (non-hydrogen) atoms. The van der Waals surface area contributed by atoms with Gasteiger partial charge in [-0.15, -0.1) is 0 Å². The van der Waals surface area contributed by atoms with E-state index < -0.39 is 0 Å². The van der Waals surface area contributed by atoms with E-state index in [1.54, 1.807) is 0 Å². The number of anilines is 1. The number of hydrazine groups is 1. The molecule has 0 amide bonds. The van der Waals surface area contributed by atoms with Crippen molar-refractivity contribution in [2.45, 2.75) is 30.8 Å². The van der Waals surface area contributed by atoms with Crippen LogP contribution < -0.4 is 5.01 Å². The fraction of sp³-hybridized carbons (Fsp3) is 0.296. The average molecular weight is 424 g/mol. The van der Waals surface area contributed by atoms with Gasteiger partial charge in [0.25, 0.3) is 0 Å². The first kappa shape index (κ1) is 17.7. The summed E-state index contributed by atoms with van der Waals surface area (Å²) in [4.78, 5) is 0. The first-order valence-electron chi connectivity index (χ1n) is 11.2. The topological polar surface area (TPSA) is 30.3 Å². The summed E-state index contributed by atoms with van der Waals surface area (Å²) < 4.78 is 0. The van der Waals surface area contributed by atoms with Gasteiger partial charge in [0, 0.05) is 10.9 Å². The van der Waals surface area contributed by atoms with Crippen LogP contribution >= 0.6 is 11.6 Å². The molecule has 3 fully saturated rings. The SMILES string of the molecule is N#CN1[C@H]2[C@H]3CC[C@@H](C3)[C@@H]2C2(c3ccccc3-c3ccccc32)N1c1ccc(Cl)cc1. The third kappa shape index (κ3) is 2.00. The molecular weight excluding hydrogens is 402 g/mol. The minimum atomic E-state index is -0.360. The fourth-order valence-corrected chi connectivity index (χ4v) is 7.63. The molecule has 2 saturated carbocycles. The van der Waals surface area contributed by atoms with Gasteiger partial charge < -0.3 is 0 Å². The number of benzene rings is 3. The van der Waals surface area contributed by atoms with Gasteiger partial charge in [0.05, 0.1) is 11.7 Å². The molecule has 3 aliphatic carbocycles. The summed E-state index contributed by atoms with van der Waals surface area (Å²) >= 11 is 6.26. The van der Waals surface area contributed by atoms with E-state index in [1.807, 2.05) is 17.1 Å². The third-order valence-corrected chi connectivity index (χ3v) is 8.58. The van der Waals surface area contributed by atoms with E-state index in [0.717, 1.165) is 5.69 Å². The fourth-order valence-electron chi connectivity index (χ4n) is 7.50. The Bertz CT molecular complexity index is 1200. The van der Waals surface area contributed by atoms with Crippen LogP contribution in [0.15, 0.2) is 72.8 Å². The molecule has 0 unspecified atom stereocenters. The quantitative estimate of drug-likeness (QED) is 0.436. The van der Waals surface area contributed by atoms with Crippen molar-refractivity contribution in [3.8, 4) is 17.3 Å². The third-order valence-electron chi connectivity index (χ3n) is 8.33. The van der Waals surface area contributed by atoms with Crippen LogP contribution in [0.3, 0.4) is 0 Å². The van der Waals surface area contributed by atoms with E-state index in [4.69, 9.17) is 11.6 Å². The standard InChI is InChI=1S/C27H22ClN3/c28-19-11-13-20(14-12-19)31-27(25-17-9-10-18(15-17)26(25)30(31)16-29)23-7-3-1-5-21(23)22-6-2-4-8-24(22)27/h1-8,11-14,17-18,25-26H,9-10,15H2/t17-,18-,25-,26-/m0/s1. The minimum Gasteiger partial charge on any atom is -0.261 e. The van der Waals surface area contributed by atoms with Gasteiger partial charge in [-0.3, -0.25) is 5.01 Å². The smallest absolute Gasteiger partial charge is 0.200 e. The molecule has 3 aromatic rings. The number of fused-ring (bicyclic) bond motifs is 11. The van der Waals surface area contributed by atoms with Crippen molar-refractivity contribution in [1.82, 2.24) is 5.01 Å². The van der Waals surface area contributed by atoms with Crippen molar-refractivity contribution in [2.75, 3.05) is 5.01 Å². The maximum Gasteiger partial charge on any atom is 0.200 e. The predicted octanol–water partition coefficient (Wildman–Crippen LogP) is 6.20. The maximum absolute atomic E-state index is 10.5. The lowest BCUT2D eigenvalue weighted by Crippen LogP contribution is -2.50. The van der Waals surface area contributed by atoms with Crippen LogP contribution in [0.1, 0.15) is 30.4 Å². The molecule has 3 nitrogen and oxygen atoms in total. The predicted molar refractivity (Wildman–Crippen MR) is 122 cm³/mol. The van der Waals surface area contributed by atoms with Crippen molar-refractivity contribution in [3.63, 3.8) is 0 Å². The number of halogens is 1. The lowest BCUT2D eigenvalue weighted by atomic mass is 9.68. The van der Waals surface area contributed by atoms with Crippen molar-refractivity contribution >= 4 is 17.3 Å². The molecule has 152 valence electrons. The summed E-state index contributed by atoms with van der Waals surface area (Å²) in [7, 11) is 0. The minimum absolute atomic E-state index is 0.249. The van der Waals surface area contributed by atoms with Gasteiger partial charge in [-0.2, -0.15) is 5.26 Å². The number of nitriles is 1. The molecule has 0 radical (unpaired) electrons. The Labute approximate surface area is 187 Å². The number of nitrogens with zero attached hydrogens (tertiary/aromatic N) is 3. The summed E-state index contributed by atoms with van der Waals surface area (Å²) in [6.45, 7) is 0. The van der Waals surface area contributed by atoms with Crippen molar-refractivity contribution in [1.29, 1.82) is 5.26 Å². The molecule has 7 rings (SSSR count). The van der Waals surface area contributed by atoms with Crippen molar-refractivity contribution < 1.29 is 0 Å². The van der Waals surface area contributed by atoms with Crippen LogP contribution in [-0.2, 0) is 5.54 Å². The molecule has 4 atom stereocenters. The molecule has 0 N–H and O–H groups in total. The van der Waals surface area contributed by atoms with Crippen molar-refractivity contribution in [2.24, 2.45) is 17.8 Å². The first-order valence-corrected chi connectivity index (χ1v) is 11.6. The average Bonchev–Trinajstić information content (AvgIpc) is 3.55. The van der Waals surface area contributed by atoms with E-state index in [2.05, 4.69) is 71.9 Å². The Balaban J connectivity index is 1.60. The maximum atomic E-state index is 10.5.